The highest BCUT2D eigenvalue weighted by molar-refractivity contribution is 5.67. The molecule has 0 amide bonds. The number of benzene rings is 1. The van der Waals surface area contributed by atoms with Crippen LogP contribution in [0.25, 0.3) is 0 Å². The standard InChI is InChI=1S/C15H21NO4/c1-15(19,12-5-3-2-4-6-12)11-16-7-8-20-10-13(16)9-14(17)18/h2-6,13,19H,7-11H2,1H3,(H,17,18). The summed E-state index contributed by atoms with van der Waals surface area (Å²) in [6.45, 7) is 3.77. The van der Waals surface area contributed by atoms with Crippen LogP contribution in [0.4, 0.5) is 0 Å². The summed E-state index contributed by atoms with van der Waals surface area (Å²) in [5.41, 5.74) is -0.171. The quantitative estimate of drug-likeness (QED) is 0.843. The molecule has 1 saturated heterocycles. The molecule has 110 valence electrons. The molecule has 0 aliphatic carbocycles. The summed E-state index contributed by atoms with van der Waals surface area (Å²) in [5, 5.41) is 19.6. The van der Waals surface area contributed by atoms with Crippen LogP contribution in [-0.4, -0.2) is 53.4 Å². The van der Waals surface area contributed by atoms with E-state index >= 15 is 0 Å². The van der Waals surface area contributed by atoms with Gasteiger partial charge in [0, 0.05) is 19.1 Å². The summed E-state index contributed by atoms with van der Waals surface area (Å²) in [6.07, 6.45) is 0.0326. The molecule has 1 aromatic rings. The predicted molar refractivity (Wildman–Crippen MR) is 74.4 cm³/mol. The molecular weight excluding hydrogens is 258 g/mol. The number of carbonyl (C=O) groups is 1. The van der Waals surface area contributed by atoms with Gasteiger partial charge in [0.05, 0.1) is 25.2 Å². The average Bonchev–Trinajstić information content (AvgIpc) is 2.41. The van der Waals surface area contributed by atoms with E-state index in [9.17, 15) is 9.90 Å². The van der Waals surface area contributed by atoms with Crippen molar-refractivity contribution in [2.45, 2.75) is 25.0 Å². The van der Waals surface area contributed by atoms with Gasteiger partial charge in [-0.2, -0.15) is 0 Å². The Morgan fingerprint density at radius 3 is 2.80 bits per heavy atom. The molecule has 2 unspecified atom stereocenters. The Morgan fingerprint density at radius 1 is 1.45 bits per heavy atom. The van der Waals surface area contributed by atoms with Gasteiger partial charge in [0.25, 0.3) is 0 Å². The molecule has 1 fully saturated rings. The van der Waals surface area contributed by atoms with Crippen molar-refractivity contribution in [3.8, 4) is 0 Å². The Labute approximate surface area is 118 Å². The predicted octanol–water partition coefficient (Wildman–Crippen LogP) is 1.07. The van der Waals surface area contributed by atoms with Crippen molar-refractivity contribution >= 4 is 5.97 Å². The summed E-state index contributed by atoms with van der Waals surface area (Å²) in [5.74, 6) is -0.843. The number of morpholine rings is 1. The minimum Gasteiger partial charge on any atom is -0.481 e. The number of carboxylic acids is 1. The van der Waals surface area contributed by atoms with Crippen molar-refractivity contribution in [1.29, 1.82) is 0 Å². The molecule has 2 atom stereocenters. The first-order valence-corrected chi connectivity index (χ1v) is 6.80. The molecule has 0 spiro atoms. The Bertz CT molecular complexity index is 446. The molecule has 1 heterocycles. The van der Waals surface area contributed by atoms with Crippen LogP contribution < -0.4 is 0 Å². The van der Waals surface area contributed by atoms with E-state index in [-0.39, 0.29) is 12.5 Å². The van der Waals surface area contributed by atoms with Gasteiger partial charge in [-0.1, -0.05) is 30.3 Å². The summed E-state index contributed by atoms with van der Waals surface area (Å²) < 4.78 is 5.35. The highest BCUT2D eigenvalue weighted by Gasteiger charge is 2.32. The van der Waals surface area contributed by atoms with Gasteiger partial charge in [0.1, 0.15) is 0 Å². The number of rotatable bonds is 5. The van der Waals surface area contributed by atoms with Crippen molar-refractivity contribution in [2.24, 2.45) is 0 Å². The highest BCUT2D eigenvalue weighted by Crippen LogP contribution is 2.24. The fourth-order valence-electron chi connectivity index (χ4n) is 2.57. The molecule has 2 N–H and O–H groups in total. The fourth-order valence-corrected chi connectivity index (χ4v) is 2.57. The molecule has 1 aromatic carbocycles. The maximum atomic E-state index is 10.9. The van der Waals surface area contributed by atoms with E-state index in [1.807, 2.05) is 35.2 Å². The molecule has 1 aliphatic heterocycles. The van der Waals surface area contributed by atoms with Gasteiger partial charge in [-0.15, -0.1) is 0 Å². The minimum atomic E-state index is -1.00. The van der Waals surface area contributed by atoms with Crippen molar-refractivity contribution in [3.63, 3.8) is 0 Å². The number of β-amino-alcohol motifs (C(OH)–C–C–N with tert-alkyl or cyclic N) is 1. The van der Waals surface area contributed by atoms with Crippen LogP contribution in [0.3, 0.4) is 0 Å². The lowest BCUT2D eigenvalue weighted by Gasteiger charge is -2.39. The van der Waals surface area contributed by atoms with E-state index in [1.54, 1.807) is 6.92 Å². The van der Waals surface area contributed by atoms with Crippen molar-refractivity contribution in [2.75, 3.05) is 26.3 Å². The number of nitrogens with zero attached hydrogens (tertiary/aromatic N) is 1. The molecule has 1 aliphatic rings. The Kier molecular flexibility index (Phi) is 4.75. The van der Waals surface area contributed by atoms with Crippen LogP contribution in [0, 0.1) is 0 Å². The van der Waals surface area contributed by atoms with Gasteiger partial charge in [0.15, 0.2) is 0 Å². The smallest absolute Gasteiger partial charge is 0.305 e. The van der Waals surface area contributed by atoms with Crippen LogP contribution in [0.1, 0.15) is 18.9 Å². The first-order chi connectivity index (χ1) is 9.49. The number of aliphatic hydroxyl groups is 1. The lowest BCUT2D eigenvalue weighted by atomic mass is 9.94. The van der Waals surface area contributed by atoms with Gasteiger partial charge < -0.3 is 14.9 Å². The van der Waals surface area contributed by atoms with E-state index in [4.69, 9.17) is 9.84 Å². The molecule has 0 saturated carbocycles. The number of aliphatic carboxylic acids is 1. The minimum absolute atomic E-state index is 0.0326. The van der Waals surface area contributed by atoms with E-state index < -0.39 is 11.6 Å². The number of hydrogen-bond donors (Lipinski definition) is 2. The Morgan fingerprint density at radius 2 is 2.15 bits per heavy atom. The monoisotopic (exact) mass is 279 g/mol. The lowest BCUT2D eigenvalue weighted by molar-refractivity contribution is -0.141. The maximum Gasteiger partial charge on any atom is 0.305 e. The van der Waals surface area contributed by atoms with Crippen LogP contribution >= 0.6 is 0 Å². The van der Waals surface area contributed by atoms with E-state index in [2.05, 4.69) is 0 Å². The van der Waals surface area contributed by atoms with Crippen molar-refractivity contribution in [3.05, 3.63) is 35.9 Å². The van der Waals surface area contributed by atoms with Crippen LogP contribution in [0.15, 0.2) is 30.3 Å². The summed E-state index contributed by atoms with van der Waals surface area (Å²) >= 11 is 0. The Balaban J connectivity index is 2.07. The number of hydrogen-bond acceptors (Lipinski definition) is 4. The second kappa shape index (κ2) is 6.35. The summed E-state index contributed by atoms with van der Waals surface area (Å²) in [6, 6.07) is 9.26. The molecular formula is C15H21NO4. The zero-order valence-corrected chi connectivity index (χ0v) is 11.7. The summed E-state index contributed by atoms with van der Waals surface area (Å²) in [7, 11) is 0. The zero-order valence-electron chi connectivity index (χ0n) is 11.7. The molecule has 0 radical (unpaired) electrons. The SMILES string of the molecule is CC(O)(CN1CCOCC1CC(=O)O)c1ccccc1. The largest absolute Gasteiger partial charge is 0.481 e. The van der Waals surface area contributed by atoms with Gasteiger partial charge in [0.2, 0.25) is 0 Å². The molecule has 0 aromatic heterocycles. The lowest BCUT2D eigenvalue weighted by Crippen LogP contribution is -2.51. The third-order valence-electron chi connectivity index (χ3n) is 3.67. The van der Waals surface area contributed by atoms with Crippen LogP contribution in [0.5, 0.6) is 0 Å². The fraction of sp³-hybridized carbons (Fsp3) is 0.533. The number of carboxylic acid groups (broad SMARTS) is 1. The van der Waals surface area contributed by atoms with Crippen LogP contribution in [-0.2, 0) is 15.1 Å². The molecule has 5 nitrogen and oxygen atoms in total. The molecule has 0 bridgehead atoms. The van der Waals surface area contributed by atoms with Gasteiger partial charge in [-0.3, -0.25) is 9.69 Å². The molecule has 5 heteroatoms. The highest BCUT2D eigenvalue weighted by atomic mass is 16.5. The topological polar surface area (TPSA) is 70.0 Å². The first-order valence-electron chi connectivity index (χ1n) is 6.80. The average molecular weight is 279 g/mol. The van der Waals surface area contributed by atoms with Crippen molar-refractivity contribution < 1.29 is 19.7 Å². The van der Waals surface area contributed by atoms with Gasteiger partial charge in [-0.05, 0) is 12.5 Å². The molecule has 20 heavy (non-hydrogen) atoms. The van der Waals surface area contributed by atoms with E-state index in [1.165, 1.54) is 0 Å². The van der Waals surface area contributed by atoms with E-state index in [0.29, 0.717) is 26.3 Å². The zero-order chi connectivity index (χ0) is 14.6. The van der Waals surface area contributed by atoms with Crippen LogP contribution in [0.2, 0.25) is 0 Å². The second-order valence-electron chi connectivity index (χ2n) is 5.44. The third-order valence-corrected chi connectivity index (χ3v) is 3.67. The number of ether oxygens (including phenoxy) is 1. The van der Waals surface area contributed by atoms with E-state index in [0.717, 1.165) is 5.56 Å². The first kappa shape index (κ1) is 15.0. The van der Waals surface area contributed by atoms with Gasteiger partial charge >= 0.3 is 5.97 Å². The second-order valence-corrected chi connectivity index (χ2v) is 5.44. The van der Waals surface area contributed by atoms with Gasteiger partial charge in [-0.25, -0.2) is 0 Å². The Hall–Kier alpha value is -1.43. The normalized spacial score (nSPS) is 23.2. The summed E-state index contributed by atoms with van der Waals surface area (Å²) in [4.78, 5) is 12.9. The van der Waals surface area contributed by atoms with Crippen molar-refractivity contribution in [1.82, 2.24) is 4.90 Å². The maximum absolute atomic E-state index is 10.9. The third kappa shape index (κ3) is 3.79. The molecule has 2 rings (SSSR count).